The minimum Gasteiger partial charge on any atom is -0.304 e. The van der Waals surface area contributed by atoms with Crippen molar-refractivity contribution in [2.45, 2.75) is 13.5 Å². The van der Waals surface area contributed by atoms with Gasteiger partial charge < -0.3 is 9.99 Å². The molecule has 2 aromatic rings. The highest BCUT2D eigenvalue weighted by Gasteiger charge is 2.07. The van der Waals surface area contributed by atoms with Crippen LogP contribution in [0.5, 0.6) is 0 Å². The number of nitrogens with one attached hydrogen (secondary N) is 1. The zero-order chi connectivity index (χ0) is 10.8. The quantitative estimate of drug-likeness (QED) is 0.558. The first-order chi connectivity index (χ1) is 7.27. The lowest BCUT2D eigenvalue weighted by molar-refractivity contribution is 0.754. The lowest BCUT2D eigenvalue weighted by atomic mass is 10.3. The second-order valence-corrected chi connectivity index (χ2v) is 3.14. The average Bonchev–Trinajstić information content (AvgIpc) is 2.28. The first-order valence-electron chi connectivity index (χ1n) is 4.74. The van der Waals surface area contributed by atoms with Crippen molar-refractivity contribution in [3.8, 4) is 0 Å². The number of benzene rings is 1. The number of hydrogen-bond acceptors (Lipinski definition) is 4. The average molecular weight is 204 g/mol. The Bertz CT molecular complexity index is 547. The molecule has 0 fully saturated rings. The summed E-state index contributed by atoms with van der Waals surface area (Å²) >= 11 is 0. The van der Waals surface area contributed by atoms with E-state index in [-0.39, 0.29) is 11.4 Å². The molecule has 5 nitrogen and oxygen atoms in total. The number of anilines is 1. The molecule has 0 aliphatic rings. The van der Waals surface area contributed by atoms with E-state index in [1.165, 1.54) is 0 Å². The molecule has 78 valence electrons. The van der Waals surface area contributed by atoms with Crippen molar-refractivity contribution in [1.82, 2.24) is 9.55 Å². The molecule has 1 aromatic carbocycles. The fourth-order valence-corrected chi connectivity index (χ4v) is 1.60. The van der Waals surface area contributed by atoms with Crippen LogP contribution in [0.2, 0.25) is 0 Å². The van der Waals surface area contributed by atoms with Gasteiger partial charge in [-0.25, -0.2) is 10.8 Å². The van der Waals surface area contributed by atoms with Crippen molar-refractivity contribution in [3.63, 3.8) is 0 Å². The lowest BCUT2D eigenvalue weighted by Crippen LogP contribution is -2.27. The van der Waals surface area contributed by atoms with Crippen molar-refractivity contribution in [1.29, 1.82) is 0 Å². The SMILES string of the molecule is CCn1c(=O)c(NN)nc2ccccc21. The van der Waals surface area contributed by atoms with Gasteiger partial charge in [0.1, 0.15) is 0 Å². The summed E-state index contributed by atoms with van der Waals surface area (Å²) in [6.07, 6.45) is 0. The van der Waals surface area contributed by atoms with Crippen LogP contribution in [0.4, 0.5) is 5.82 Å². The van der Waals surface area contributed by atoms with Gasteiger partial charge in [-0.3, -0.25) is 4.79 Å². The molecule has 0 saturated carbocycles. The zero-order valence-corrected chi connectivity index (χ0v) is 8.40. The predicted octanol–water partition coefficient (Wildman–Crippen LogP) is 0.702. The van der Waals surface area contributed by atoms with E-state index in [4.69, 9.17) is 5.84 Å². The number of nitrogen functional groups attached to an aromatic ring is 1. The molecule has 2 rings (SSSR count). The third-order valence-corrected chi connectivity index (χ3v) is 2.31. The highest BCUT2D eigenvalue weighted by molar-refractivity contribution is 5.76. The number of aromatic nitrogens is 2. The first kappa shape index (κ1) is 9.67. The number of nitrogens with zero attached hydrogens (tertiary/aromatic N) is 2. The van der Waals surface area contributed by atoms with Gasteiger partial charge in [0, 0.05) is 6.54 Å². The summed E-state index contributed by atoms with van der Waals surface area (Å²) in [6, 6.07) is 7.47. The van der Waals surface area contributed by atoms with E-state index in [1.54, 1.807) is 4.57 Å². The summed E-state index contributed by atoms with van der Waals surface area (Å²) < 4.78 is 1.64. The van der Waals surface area contributed by atoms with E-state index >= 15 is 0 Å². The topological polar surface area (TPSA) is 72.9 Å². The van der Waals surface area contributed by atoms with Gasteiger partial charge in [-0.1, -0.05) is 12.1 Å². The van der Waals surface area contributed by atoms with Crippen LogP contribution in [0, 0.1) is 0 Å². The lowest BCUT2D eigenvalue weighted by Gasteiger charge is -2.09. The van der Waals surface area contributed by atoms with E-state index < -0.39 is 0 Å². The third kappa shape index (κ3) is 1.46. The molecule has 0 amide bonds. The molecule has 0 spiro atoms. The Kier molecular flexibility index (Phi) is 2.39. The molecule has 1 aromatic heterocycles. The van der Waals surface area contributed by atoms with Crippen molar-refractivity contribution < 1.29 is 0 Å². The molecule has 0 aliphatic heterocycles. The van der Waals surface area contributed by atoms with E-state index in [2.05, 4.69) is 10.4 Å². The highest BCUT2D eigenvalue weighted by Crippen LogP contribution is 2.10. The zero-order valence-electron chi connectivity index (χ0n) is 8.40. The molecular formula is C10H12N4O. The van der Waals surface area contributed by atoms with Gasteiger partial charge in [-0.05, 0) is 19.1 Å². The second kappa shape index (κ2) is 3.70. The predicted molar refractivity (Wildman–Crippen MR) is 59.5 cm³/mol. The summed E-state index contributed by atoms with van der Waals surface area (Å²) in [6.45, 7) is 2.50. The van der Waals surface area contributed by atoms with Crippen LogP contribution < -0.4 is 16.8 Å². The monoisotopic (exact) mass is 204 g/mol. The van der Waals surface area contributed by atoms with E-state index in [0.29, 0.717) is 6.54 Å². The largest absolute Gasteiger partial charge is 0.304 e. The molecule has 0 saturated heterocycles. The highest BCUT2D eigenvalue weighted by atomic mass is 16.1. The summed E-state index contributed by atoms with van der Waals surface area (Å²) in [7, 11) is 0. The van der Waals surface area contributed by atoms with Gasteiger partial charge in [-0.2, -0.15) is 0 Å². The van der Waals surface area contributed by atoms with E-state index in [1.807, 2.05) is 31.2 Å². The molecule has 0 aliphatic carbocycles. The minimum atomic E-state index is -0.196. The van der Waals surface area contributed by atoms with Crippen molar-refractivity contribution in [2.75, 3.05) is 5.43 Å². The minimum absolute atomic E-state index is 0.176. The van der Waals surface area contributed by atoms with Gasteiger partial charge >= 0.3 is 0 Å². The fraction of sp³-hybridized carbons (Fsp3) is 0.200. The van der Waals surface area contributed by atoms with Crippen LogP contribution in [0.25, 0.3) is 11.0 Å². The van der Waals surface area contributed by atoms with Crippen molar-refractivity contribution >= 4 is 16.9 Å². The fourth-order valence-electron chi connectivity index (χ4n) is 1.60. The normalized spacial score (nSPS) is 10.5. The molecule has 0 atom stereocenters. The number of rotatable bonds is 2. The number of hydrazine groups is 1. The smallest absolute Gasteiger partial charge is 0.295 e. The summed E-state index contributed by atoms with van der Waals surface area (Å²) in [5.41, 5.74) is 3.70. The Morgan fingerprint density at radius 1 is 1.47 bits per heavy atom. The Morgan fingerprint density at radius 2 is 2.20 bits per heavy atom. The number of fused-ring (bicyclic) bond motifs is 1. The van der Waals surface area contributed by atoms with Crippen LogP contribution in [0.1, 0.15) is 6.92 Å². The standard InChI is InChI=1S/C10H12N4O/c1-2-14-8-6-4-3-5-7(8)12-9(13-11)10(14)15/h3-6H,2,11H2,1H3,(H,12,13). The van der Waals surface area contributed by atoms with Crippen LogP contribution in [-0.4, -0.2) is 9.55 Å². The molecule has 0 radical (unpaired) electrons. The molecule has 3 N–H and O–H groups in total. The Labute approximate surface area is 86.5 Å². The molecule has 0 unspecified atom stereocenters. The van der Waals surface area contributed by atoms with Gasteiger partial charge in [0.15, 0.2) is 0 Å². The van der Waals surface area contributed by atoms with Crippen LogP contribution in [-0.2, 0) is 6.54 Å². The summed E-state index contributed by atoms with van der Waals surface area (Å²) in [5.74, 6) is 5.42. The molecule has 0 bridgehead atoms. The maximum atomic E-state index is 11.8. The van der Waals surface area contributed by atoms with Crippen molar-refractivity contribution in [2.24, 2.45) is 5.84 Å². The van der Waals surface area contributed by atoms with Crippen LogP contribution >= 0.6 is 0 Å². The van der Waals surface area contributed by atoms with Gasteiger partial charge in [0.05, 0.1) is 11.0 Å². The summed E-state index contributed by atoms with van der Waals surface area (Å²) in [5, 5.41) is 0. The van der Waals surface area contributed by atoms with Crippen LogP contribution in [0.15, 0.2) is 29.1 Å². The summed E-state index contributed by atoms with van der Waals surface area (Å²) in [4.78, 5) is 15.9. The maximum absolute atomic E-state index is 11.8. The number of hydrogen-bond donors (Lipinski definition) is 2. The first-order valence-corrected chi connectivity index (χ1v) is 4.74. The van der Waals surface area contributed by atoms with Gasteiger partial charge in [0.25, 0.3) is 5.56 Å². The number of para-hydroxylation sites is 2. The van der Waals surface area contributed by atoms with E-state index in [9.17, 15) is 4.79 Å². The molecule has 1 heterocycles. The number of aryl methyl sites for hydroxylation is 1. The van der Waals surface area contributed by atoms with Gasteiger partial charge in [0.2, 0.25) is 5.82 Å². The molecular weight excluding hydrogens is 192 g/mol. The molecule has 15 heavy (non-hydrogen) atoms. The third-order valence-electron chi connectivity index (χ3n) is 2.31. The number of nitrogens with two attached hydrogens (primary N) is 1. The molecule has 5 heteroatoms. The maximum Gasteiger partial charge on any atom is 0.295 e. The Morgan fingerprint density at radius 3 is 2.87 bits per heavy atom. The Balaban J connectivity index is 2.90. The van der Waals surface area contributed by atoms with E-state index in [0.717, 1.165) is 11.0 Å². The van der Waals surface area contributed by atoms with Crippen molar-refractivity contribution in [3.05, 3.63) is 34.6 Å². The van der Waals surface area contributed by atoms with Gasteiger partial charge in [-0.15, -0.1) is 0 Å². The Hall–Kier alpha value is -1.88. The van der Waals surface area contributed by atoms with Crippen LogP contribution in [0.3, 0.4) is 0 Å². The second-order valence-electron chi connectivity index (χ2n) is 3.14.